The lowest BCUT2D eigenvalue weighted by molar-refractivity contribution is -0.134. The van der Waals surface area contributed by atoms with Gasteiger partial charge in [-0.05, 0) is 30.7 Å². The van der Waals surface area contributed by atoms with Gasteiger partial charge < -0.3 is 10.6 Å². The summed E-state index contributed by atoms with van der Waals surface area (Å²) >= 11 is 0. The van der Waals surface area contributed by atoms with Gasteiger partial charge >= 0.3 is 0 Å². The molecule has 2 N–H and O–H groups in total. The lowest BCUT2D eigenvalue weighted by Gasteiger charge is -2.23. The fraction of sp³-hybridized carbons (Fsp3) is 0.533. The summed E-state index contributed by atoms with van der Waals surface area (Å²) in [7, 11) is 1.90. The molecule has 3 heteroatoms. The van der Waals surface area contributed by atoms with Crippen LogP contribution in [0.15, 0.2) is 30.3 Å². The van der Waals surface area contributed by atoms with Crippen molar-refractivity contribution in [2.24, 2.45) is 17.6 Å². The minimum Gasteiger partial charge on any atom is -0.345 e. The molecule has 1 unspecified atom stereocenters. The van der Waals surface area contributed by atoms with Gasteiger partial charge in [-0.15, -0.1) is 0 Å². The molecular formula is C15H22N2O. The fourth-order valence-corrected chi connectivity index (χ4v) is 2.26. The highest BCUT2D eigenvalue weighted by Gasteiger charge is 2.27. The summed E-state index contributed by atoms with van der Waals surface area (Å²) in [4.78, 5) is 14.1. The van der Waals surface area contributed by atoms with Gasteiger partial charge in [0.15, 0.2) is 0 Å². The summed E-state index contributed by atoms with van der Waals surface area (Å²) in [6, 6.07) is 10.1. The second-order valence-corrected chi connectivity index (χ2v) is 5.28. The lowest BCUT2D eigenvalue weighted by Crippen LogP contribution is -2.38. The third kappa shape index (κ3) is 3.57. The van der Waals surface area contributed by atoms with Crippen LogP contribution >= 0.6 is 0 Å². The van der Waals surface area contributed by atoms with E-state index in [2.05, 4.69) is 12.1 Å². The predicted molar refractivity (Wildman–Crippen MR) is 73.1 cm³/mol. The van der Waals surface area contributed by atoms with Crippen molar-refractivity contribution >= 4 is 5.91 Å². The van der Waals surface area contributed by atoms with E-state index in [1.54, 1.807) is 0 Å². The van der Waals surface area contributed by atoms with Crippen LogP contribution in [0.4, 0.5) is 0 Å². The van der Waals surface area contributed by atoms with Gasteiger partial charge in [0.25, 0.3) is 0 Å². The fourth-order valence-electron chi connectivity index (χ4n) is 2.26. The van der Waals surface area contributed by atoms with E-state index in [1.807, 2.05) is 30.1 Å². The quantitative estimate of drug-likeness (QED) is 0.830. The molecule has 1 aliphatic rings. The summed E-state index contributed by atoms with van der Waals surface area (Å²) in [5.74, 6) is 0.832. The number of carbonyl (C=O) groups excluding carboxylic acids is 1. The van der Waals surface area contributed by atoms with Gasteiger partial charge in [-0.25, -0.2) is 0 Å². The molecule has 1 saturated carbocycles. The highest BCUT2D eigenvalue weighted by Crippen LogP contribution is 2.29. The van der Waals surface area contributed by atoms with Crippen molar-refractivity contribution in [2.45, 2.75) is 19.3 Å². The molecule has 3 nitrogen and oxygen atoms in total. The Morgan fingerprint density at radius 3 is 2.61 bits per heavy atom. The van der Waals surface area contributed by atoms with E-state index in [0.29, 0.717) is 6.54 Å². The Hall–Kier alpha value is -1.35. The maximum absolute atomic E-state index is 12.3. The average Bonchev–Trinajstić information content (AvgIpc) is 3.20. The van der Waals surface area contributed by atoms with E-state index in [-0.39, 0.29) is 11.8 Å². The van der Waals surface area contributed by atoms with Gasteiger partial charge in [0.1, 0.15) is 0 Å². The van der Waals surface area contributed by atoms with E-state index < -0.39 is 0 Å². The predicted octanol–water partition coefficient (Wildman–Crippen LogP) is 1.67. The Labute approximate surface area is 109 Å². The Morgan fingerprint density at radius 1 is 1.39 bits per heavy atom. The first-order valence-corrected chi connectivity index (χ1v) is 6.69. The molecule has 1 amide bonds. The number of rotatable bonds is 6. The van der Waals surface area contributed by atoms with Crippen LogP contribution < -0.4 is 5.73 Å². The highest BCUT2D eigenvalue weighted by molar-refractivity contribution is 5.79. The lowest BCUT2D eigenvalue weighted by atomic mass is 9.98. The number of benzene rings is 1. The topological polar surface area (TPSA) is 46.3 Å². The first-order valence-electron chi connectivity index (χ1n) is 6.69. The molecule has 0 aromatic heterocycles. The van der Waals surface area contributed by atoms with Crippen molar-refractivity contribution in [3.63, 3.8) is 0 Å². The molecule has 98 valence electrons. The van der Waals surface area contributed by atoms with Crippen molar-refractivity contribution in [1.29, 1.82) is 0 Å². The smallest absolute Gasteiger partial charge is 0.227 e. The van der Waals surface area contributed by atoms with E-state index in [1.165, 1.54) is 18.4 Å². The zero-order valence-corrected chi connectivity index (χ0v) is 11.0. The van der Waals surface area contributed by atoms with Crippen molar-refractivity contribution in [3.05, 3.63) is 35.9 Å². The largest absolute Gasteiger partial charge is 0.345 e. The van der Waals surface area contributed by atoms with Crippen LogP contribution in [-0.4, -0.2) is 30.9 Å². The first kappa shape index (κ1) is 13.1. The number of hydrogen-bond donors (Lipinski definition) is 1. The molecule has 1 atom stereocenters. The molecule has 1 fully saturated rings. The van der Waals surface area contributed by atoms with Crippen LogP contribution in [0, 0.1) is 11.8 Å². The molecule has 1 aromatic rings. The maximum atomic E-state index is 12.3. The van der Waals surface area contributed by atoms with Crippen molar-refractivity contribution in [2.75, 3.05) is 20.1 Å². The normalized spacial score (nSPS) is 16.3. The van der Waals surface area contributed by atoms with E-state index >= 15 is 0 Å². The van der Waals surface area contributed by atoms with Crippen molar-refractivity contribution in [1.82, 2.24) is 4.90 Å². The molecule has 1 aliphatic carbocycles. The number of hydrogen-bond acceptors (Lipinski definition) is 2. The van der Waals surface area contributed by atoms with Gasteiger partial charge in [-0.1, -0.05) is 30.3 Å². The first-order chi connectivity index (χ1) is 8.70. The summed E-state index contributed by atoms with van der Waals surface area (Å²) < 4.78 is 0. The number of nitrogens with zero attached hydrogens (tertiary/aromatic N) is 1. The van der Waals surface area contributed by atoms with Crippen molar-refractivity contribution < 1.29 is 4.79 Å². The second-order valence-electron chi connectivity index (χ2n) is 5.28. The molecule has 0 aliphatic heterocycles. The maximum Gasteiger partial charge on any atom is 0.227 e. The number of carbonyl (C=O) groups is 1. The Balaban J connectivity index is 1.92. The van der Waals surface area contributed by atoms with Gasteiger partial charge in [-0.3, -0.25) is 4.79 Å². The van der Waals surface area contributed by atoms with E-state index in [0.717, 1.165) is 18.9 Å². The Kier molecular flexibility index (Phi) is 4.37. The third-order valence-corrected chi connectivity index (χ3v) is 3.56. The Morgan fingerprint density at radius 2 is 2.06 bits per heavy atom. The summed E-state index contributed by atoms with van der Waals surface area (Å²) in [6.45, 7) is 1.31. The zero-order valence-electron chi connectivity index (χ0n) is 11.0. The monoisotopic (exact) mass is 246 g/mol. The molecular weight excluding hydrogens is 224 g/mol. The van der Waals surface area contributed by atoms with E-state index in [4.69, 9.17) is 5.73 Å². The Bertz CT molecular complexity index is 387. The standard InChI is InChI=1S/C15H22N2O/c1-17(11-13-7-8-13)15(18)14(10-16)9-12-5-3-2-4-6-12/h2-6,13-14H,7-11,16H2,1H3. The van der Waals surface area contributed by atoms with Gasteiger partial charge in [-0.2, -0.15) is 0 Å². The van der Waals surface area contributed by atoms with Crippen molar-refractivity contribution in [3.8, 4) is 0 Å². The second kappa shape index (κ2) is 6.01. The van der Waals surface area contributed by atoms with Crippen LogP contribution in [-0.2, 0) is 11.2 Å². The molecule has 1 aromatic carbocycles. The molecule has 18 heavy (non-hydrogen) atoms. The van der Waals surface area contributed by atoms with Crippen LogP contribution in [0.1, 0.15) is 18.4 Å². The highest BCUT2D eigenvalue weighted by atomic mass is 16.2. The SMILES string of the molecule is CN(CC1CC1)C(=O)C(CN)Cc1ccccc1. The molecule has 0 radical (unpaired) electrons. The zero-order chi connectivity index (χ0) is 13.0. The molecule has 0 bridgehead atoms. The molecule has 0 saturated heterocycles. The minimum atomic E-state index is -0.0869. The molecule has 2 rings (SSSR count). The summed E-state index contributed by atoms with van der Waals surface area (Å²) in [5.41, 5.74) is 6.94. The van der Waals surface area contributed by atoms with Crippen LogP contribution in [0.5, 0.6) is 0 Å². The van der Waals surface area contributed by atoms with Gasteiger partial charge in [0.05, 0.1) is 5.92 Å². The average molecular weight is 246 g/mol. The molecule has 0 spiro atoms. The van der Waals surface area contributed by atoms with Crippen LogP contribution in [0.2, 0.25) is 0 Å². The van der Waals surface area contributed by atoms with Gasteiger partial charge in [0.2, 0.25) is 5.91 Å². The van der Waals surface area contributed by atoms with Crippen LogP contribution in [0.25, 0.3) is 0 Å². The van der Waals surface area contributed by atoms with E-state index in [9.17, 15) is 4.79 Å². The number of amides is 1. The summed E-state index contributed by atoms with van der Waals surface area (Å²) in [6.07, 6.45) is 3.28. The summed E-state index contributed by atoms with van der Waals surface area (Å²) in [5, 5.41) is 0. The van der Waals surface area contributed by atoms with Gasteiger partial charge in [0, 0.05) is 20.1 Å². The van der Waals surface area contributed by atoms with Crippen LogP contribution in [0.3, 0.4) is 0 Å². The molecule has 0 heterocycles. The minimum absolute atomic E-state index is 0.0869. The third-order valence-electron chi connectivity index (χ3n) is 3.56. The number of nitrogens with two attached hydrogens (primary N) is 1.